The van der Waals surface area contributed by atoms with Crippen LogP contribution < -0.4 is 5.32 Å². The zero-order valence-corrected chi connectivity index (χ0v) is 56.0. The maximum Gasteiger partial charge on any atom is 0.249 e. The highest BCUT2D eigenvalue weighted by atomic mass is 16.3. The number of rotatable bonds is 72. The first-order chi connectivity index (χ1) is 40.5. The van der Waals surface area contributed by atoms with Crippen molar-refractivity contribution < 1.29 is 25.2 Å². The third kappa shape index (κ3) is 63.5. The molecule has 0 heterocycles. The van der Waals surface area contributed by atoms with Crippen LogP contribution in [-0.4, -0.2) is 57.3 Å². The van der Waals surface area contributed by atoms with E-state index in [1.165, 1.54) is 372 Å². The van der Waals surface area contributed by atoms with Crippen LogP contribution in [0.1, 0.15) is 438 Å². The molecule has 0 aliphatic carbocycles. The van der Waals surface area contributed by atoms with E-state index in [0.29, 0.717) is 12.8 Å². The number of carbonyl (C=O) groups excluding carboxylic acids is 1. The number of hydrogen-bond acceptors (Lipinski definition) is 5. The predicted molar refractivity (Wildman–Crippen MR) is 362 cm³/mol. The molecule has 0 saturated carbocycles. The first kappa shape index (κ1) is 81.0. The van der Waals surface area contributed by atoms with Gasteiger partial charge in [0.1, 0.15) is 12.2 Å². The Bertz CT molecular complexity index is 1210. The summed E-state index contributed by atoms with van der Waals surface area (Å²) in [5.74, 6) is -0.583. The Morgan fingerprint density at radius 1 is 0.293 bits per heavy atom. The molecular formula is C76H151NO5. The summed E-state index contributed by atoms with van der Waals surface area (Å²) in [6, 6.07) is -1.00. The maximum absolute atomic E-state index is 12.7. The molecule has 0 bridgehead atoms. The molecule has 0 saturated heterocycles. The lowest BCUT2D eigenvalue weighted by molar-refractivity contribution is -0.132. The fraction of sp³-hybridized carbons (Fsp3) is 0.961. The van der Waals surface area contributed by atoms with Crippen molar-refractivity contribution in [1.82, 2.24) is 5.32 Å². The summed E-state index contributed by atoms with van der Waals surface area (Å²) in [6.45, 7) is 4.11. The Kier molecular flexibility index (Phi) is 70.0. The van der Waals surface area contributed by atoms with Gasteiger partial charge >= 0.3 is 0 Å². The number of allylic oxidation sites excluding steroid dienone is 2. The van der Waals surface area contributed by atoms with E-state index < -0.39 is 36.9 Å². The van der Waals surface area contributed by atoms with Gasteiger partial charge in [0, 0.05) is 0 Å². The Labute approximate surface area is 514 Å². The number of nitrogens with one attached hydrogen (secondary N) is 1. The molecule has 0 aromatic rings. The Hall–Kier alpha value is -0.950. The highest BCUT2D eigenvalue weighted by Gasteiger charge is 2.28. The third-order valence-corrected chi connectivity index (χ3v) is 18.5. The second-order valence-corrected chi connectivity index (χ2v) is 26.7. The number of aliphatic hydroxyl groups excluding tert-OH is 4. The Morgan fingerprint density at radius 2 is 0.500 bits per heavy atom. The number of aliphatic hydroxyl groups is 4. The minimum absolute atomic E-state index is 0.369. The molecule has 0 fully saturated rings. The van der Waals surface area contributed by atoms with Crippen LogP contribution in [0.3, 0.4) is 0 Å². The molecule has 0 aliphatic heterocycles. The van der Waals surface area contributed by atoms with Crippen molar-refractivity contribution in [3.63, 3.8) is 0 Å². The van der Waals surface area contributed by atoms with Gasteiger partial charge < -0.3 is 25.7 Å². The summed E-state index contributed by atoms with van der Waals surface area (Å²) in [6.07, 6.45) is 89.5. The van der Waals surface area contributed by atoms with Gasteiger partial charge in [0.05, 0.1) is 18.8 Å². The fourth-order valence-corrected chi connectivity index (χ4v) is 12.6. The van der Waals surface area contributed by atoms with Crippen LogP contribution >= 0.6 is 0 Å². The molecule has 0 aliphatic rings. The molecule has 0 rings (SSSR count). The van der Waals surface area contributed by atoms with Gasteiger partial charge in [-0.05, 0) is 38.5 Å². The first-order valence-corrected chi connectivity index (χ1v) is 38.1. The molecule has 5 N–H and O–H groups in total. The summed E-state index contributed by atoms with van der Waals surface area (Å²) in [4.78, 5) is 12.7. The van der Waals surface area contributed by atoms with Crippen molar-refractivity contribution in [1.29, 1.82) is 0 Å². The van der Waals surface area contributed by atoms with E-state index in [1.807, 2.05) is 0 Å². The normalized spacial score (nSPS) is 13.4. The number of hydrogen-bond donors (Lipinski definition) is 5. The highest BCUT2D eigenvalue weighted by Crippen LogP contribution is 2.21. The molecule has 4 atom stereocenters. The third-order valence-electron chi connectivity index (χ3n) is 18.5. The minimum atomic E-state index is -1.28. The molecule has 0 spiro atoms. The fourth-order valence-electron chi connectivity index (χ4n) is 12.6. The van der Waals surface area contributed by atoms with Crippen LogP contribution in [0.2, 0.25) is 0 Å². The molecule has 0 radical (unpaired) electrons. The monoisotopic (exact) mass is 1160 g/mol. The highest BCUT2D eigenvalue weighted by molar-refractivity contribution is 5.80. The first-order valence-electron chi connectivity index (χ1n) is 38.1. The average molecular weight is 1160 g/mol. The van der Waals surface area contributed by atoms with Crippen LogP contribution in [0.15, 0.2) is 12.2 Å². The van der Waals surface area contributed by atoms with Gasteiger partial charge in [-0.25, -0.2) is 0 Å². The van der Waals surface area contributed by atoms with E-state index in [-0.39, 0.29) is 0 Å². The topological polar surface area (TPSA) is 110 Å². The molecule has 6 heteroatoms. The number of carbonyl (C=O) groups is 1. The quantitative estimate of drug-likeness (QED) is 0.0308. The number of amides is 1. The molecule has 82 heavy (non-hydrogen) atoms. The molecule has 0 aromatic heterocycles. The molecule has 490 valence electrons. The van der Waals surface area contributed by atoms with Crippen LogP contribution in [0, 0.1) is 0 Å². The smallest absolute Gasteiger partial charge is 0.249 e. The van der Waals surface area contributed by atoms with E-state index in [4.69, 9.17) is 0 Å². The van der Waals surface area contributed by atoms with Crippen molar-refractivity contribution in [2.24, 2.45) is 0 Å². The lowest BCUT2D eigenvalue weighted by Crippen LogP contribution is -2.53. The predicted octanol–water partition coefficient (Wildman–Crippen LogP) is 23.9. The molecule has 4 unspecified atom stereocenters. The lowest BCUT2D eigenvalue weighted by Gasteiger charge is -2.27. The largest absolute Gasteiger partial charge is 0.394 e. The van der Waals surface area contributed by atoms with E-state index in [1.54, 1.807) is 0 Å². The second-order valence-electron chi connectivity index (χ2n) is 26.7. The van der Waals surface area contributed by atoms with Crippen LogP contribution in [0.4, 0.5) is 0 Å². The van der Waals surface area contributed by atoms with Crippen molar-refractivity contribution in [2.75, 3.05) is 6.61 Å². The van der Waals surface area contributed by atoms with Gasteiger partial charge in [-0.1, -0.05) is 411 Å². The van der Waals surface area contributed by atoms with Crippen molar-refractivity contribution >= 4 is 5.91 Å². The summed E-state index contributed by atoms with van der Waals surface area (Å²) in [5.41, 5.74) is 0. The SMILES string of the molecule is CCCCCCCCCCCCCCCCCCCCCCCCCCCCC/C=C/CCCC(O)C(O)C(CO)NC(=O)C(O)CCCCCCCCCCCCCCCCCCCCCCCCCCCCCCCCCCCC. The molecule has 6 nitrogen and oxygen atoms in total. The zero-order chi connectivity index (χ0) is 59.4. The van der Waals surface area contributed by atoms with Gasteiger partial charge in [-0.2, -0.15) is 0 Å². The van der Waals surface area contributed by atoms with Crippen molar-refractivity contribution in [2.45, 2.75) is 462 Å². The van der Waals surface area contributed by atoms with E-state index in [0.717, 1.165) is 38.5 Å². The van der Waals surface area contributed by atoms with Crippen molar-refractivity contribution in [3.05, 3.63) is 12.2 Å². The minimum Gasteiger partial charge on any atom is -0.394 e. The van der Waals surface area contributed by atoms with Crippen LogP contribution in [0.5, 0.6) is 0 Å². The van der Waals surface area contributed by atoms with E-state index >= 15 is 0 Å². The standard InChI is InChI=1S/C76H151NO5/c1-3-5-7-9-11-13-15-17-19-21-23-25-27-29-31-33-35-37-38-40-42-44-46-48-50-52-54-56-58-60-62-64-66-68-70-74(80)76(82)77-72(71-78)75(81)73(79)69-67-65-63-61-59-57-55-53-51-49-47-45-43-41-39-36-34-32-30-28-26-24-22-20-18-16-14-12-10-8-6-4-2/h61,63,72-75,78-81H,3-60,62,64-71H2,1-2H3,(H,77,82)/b63-61+. The van der Waals surface area contributed by atoms with E-state index in [2.05, 4.69) is 31.3 Å². The lowest BCUT2D eigenvalue weighted by atomic mass is 10.00. The molecular weight excluding hydrogens is 1010 g/mol. The van der Waals surface area contributed by atoms with Gasteiger partial charge in [0.25, 0.3) is 0 Å². The van der Waals surface area contributed by atoms with Gasteiger partial charge in [-0.3, -0.25) is 4.79 Å². The van der Waals surface area contributed by atoms with Crippen LogP contribution in [0.25, 0.3) is 0 Å². The zero-order valence-electron chi connectivity index (χ0n) is 56.0. The maximum atomic E-state index is 12.7. The summed E-state index contributed by atoms with van der Waals surface area (Å²) < 4.78 is 0. The summed E-state index contributed by atoms with van der Waals surface area (Å²) in [7, 11) is 0. The van der Waals surface area contributed by atoms with Crippen molar-refractivity contribution in [3.8, 4) is 0 Å². The summed E-state index contributed by atoms with van der Waals surface area (Å²) in [5, 5.41) is 44.3. The number of unbranched alkanes of at least 4 members (excludes halogenated alkanes) is 61. The van der Waals surface area contributed by atoms with Gasteiger partial charge in [0.15, 0.2) is 0 Å². The average Bonchev–Trinajstić information content (AvgIpc) is 3.48. The van der Waals surface area contributed by atoms with Gasteiger partial charge in [0.2, 0.25) is 5.91 Å². The molecule has 1 amide bonds. The van der Waals surface area contributed by atoms with Gasteiger partial charge in [-0.15, -0.1) is 0 Å². The Balaban J connectivity index is 3.51. The Morgan fingerprint density at radius 3 is 0.732 bits per heavy atom. The molecule has 0 aromatic carbocycles. The van der Waals surface area contributed by atoms with E-state index in [9.17, 15) is 25.2 Å². The summed E-state index contributed by atoms with van der Waals surface area (Å²) >= 11 is 0. The second kappa shape index (κ2) is 70.8. The van der Waals surface area contributed by atoms with Crippen LogP contribution in [-0.2, 0) is 4.79 Å².